The van der Waals surface area contributed by atoms with Crippen molar-refractivity contribution >= 4 is 23.2 Å². The molecule has 0 bridgehead atoms. The van der Waals surface area contributed by atoms with Gasteiger partial charge in [0.05, 0.1) is 12.2 Å². The third-order valence-electron chi connectivity index (χ3n) is 6.68. The van der Waals surface area contributed by atoms with Crippen LogP contribution in [0.15, 0.2) is 54.6 Å². The molecule has 2 aromatic carbocycles. The van der Waals surface area contributed by atoms with E-state index in [4.69, 9.17) is 0 Å². The average Bonchev–Trinajstić information content (AvgIpc) is 3.51. The second-order valence-electron chi connectivity index (χ2n) is 9.69. The van der Waals surface area contributed by atoms with Crippen molar-refractivity contribution in [1.29, 1.82) is 0 Å². The third kappa shape index (κ3) is 6.53. The number of unbranched alkanes of at least 4 members (excludes halogenated alkanes) is 1. The summed E-state index contributed by atoms with van der Waals surface area (Å²) in [5.74, 6) is -0.429. The first-order valence-electron chi connectivity index (χ1n) is 13.0. The van der Waals surface area contributed by atoms with Crippen LogP contribution < -0.4 is 15.5 Å². The number of hydrogen-bond donors (Lipinski definition) is 2. The van der Waals surface area contributed by atoms with Gasteiger partial charge in [0.25, 0.3) is 5.91 Å². The SMILES string of the molecule is CCCCC(NC(=O)c1cccc(Cn2nc(C)cc2C)c1)C(=O)Nc1cccc(N2CCCC2)c1. The van der Waals surface area contributed by atoms with Crippen LogP contribution in [-0.4, -0.2) is 40.7 Å². The van der Waals surface area contributed by atoms with Crippen LogP contribution >= 0.6 is 0 Å². The molecule has 2 N–H and O–H groups in total. The molecule has 1 aliphatic rings. The van der Waals surface area contributed by atoms with Gasteiger partial charge in [0.15, 0.2) is 0 Å². The predicted octanol–water partition coefficient (Wildman–Crippen LogP) is 5.08. The van der Waals surface area contributed by atoms with Crippen molar-refractivity contribution < 1.29 is 9.59 Å². The lowest BCUT2D eigenvalue weighted by Gasteiger charge is -2.21. The fourth-order valence-corrected chi connectivity index (χ4v) is 4.72. The van der Waals surface area contributed by atoms with Crippen LogP contribution in [0.5, 0.6) is 0 Å². The van der Waals surface area contributed by atoms with E-state index in [2.05, 4.69) is 33.6 Å². The van der Waals surface area contributed by atoms with E-state index >= 15 is 0 Å². The van der Waals surface area contributed by atoms with E-state index in [9.17, 15) is 9.59 Å². The summed E-state index contributed by atoms with van der Waals surface area (Å²) in [5.41, 5.74) is 5.46. The highest BCUT2D eigenvalue weighted by Gasteiger charge is 2.22. The molecule has 0 saturated carbocycles. The number of rotatable bonds is 10. The highest BCUT2D eigenvalue weighted by atomic mass is 16.2. The molecule has 190 valence electrons. The van der Waals surface area contributed by atoms with Gasteiger partial charge in [-0.2, -0.15) is 5.10 Å². The number of carbonyl (C=O) groups is 2. The Bertz CT molecular complexity index is 1200. The van der Waals surface area contributed by atoms with Crippen LogP contribution in [0.1, 0.15) is 66.3 Å². The van der Waals surface area contributed by atoms with E-state index in [1.165, 1.54) is 12.8 Å². The summed E-state index contributed by atoms with van der Waals surface area (Å²) in [5, 5.41) is 10.5. The minimum absolute atomic E-state index is 0.186. The number of benzene rings is 2. The molecule has 1 aliphatic heterocycles. The fourth-order valence-electron chi connectivity index (χ4n) is 4.72. The van der Waals surface area contributed by atoms with E-state index in [-0.39, 0.29) is 11.8 Å². The molecule has 2 heterocycles. The molecule has 7 heteroatoms. The lowest BCUT2D eigenvalue weighted by atomic mass is 10.1. The summed E-state index contributed by atoms with van der Waals surface area (Å²) in [4.78, 5) is 28.7. The fraction of sp³-hybridized carbons (Fsp3) is 0.414. The van der Waals surface area contributed by atoms with Gasteiger partial charge in [-0.05, 0) is 75.1 Å². The number of aromatic nitrogens is 2. The van der Waals surface area contributed by atoms with Crippen LogP contribution in [0.4, 0.5) is 11.4 Å². The van der Waals surface area contributed by atoms with Crippen molar-refractivity contribution in [2.24, 2.45) is 0 Å². The summed E-state index contributed by atoms with van der Waals surface area (Å²) in [6.45, 7) is 8.76. The number of aryl methyl sites for hydroxylation is 2. The summed E-state index contributed by atoms with van der Waals surface area (Å²) in [6.07, 6.45) is 4.78. The van der Waals surface area contributed by atoms with Crippen LogP contribution in [0.3, 0.4) is 0 Å². The maximum Gasteiger partial charge on any atom is 0.251 e. The molecule has 4 rings (SSSR count). The van der Waals surface area contributed by atoms with Gasteiger partial charge in [0.1, 0.15) is 6.04 Å². The molecular formula is C29H37N5O2. The molecule has 1 unspecified atom stereocenters. The predicted molar refractivity (Wildman–Crippen MR) is 145 cm³/mol. The lowest BCUT2D eigenvalue weighted by Crippen LogP contribution is -2.43. The molecular weight excluding hydrogens is 450 g/mol. The summed E-state index contributed by atoms with van der Waals surface area (Å²) < 4.78 is 1.93. The zero-order valence-electron chi connectivity index (χ0n) is 21.6. The molecule has 36 heavy (non-hydrogen) atoms. The van der Waals surface area contributed by atoms with Gasteiger partial charge in [-0.25, -0.2) is 0 Å². The van der Waals surface area contributed by atoms with Crippen LogP contribution in [0.25, 0.3) is 0 Å². The Kier molecular flexibility index (Phi) is 8.41. The lowest BCUT2D eigenvalue weighted by molar-refractivity contribution is -0.118. The van der Waals surface area contributed by atoms with E-state index in [0.29, 0.717) is 18.5 Å². The zero-order valence-corrected chi connectivity index (χ0v) is 21.6. The van der Waals surface area contributed by atoms with Crippen LogP contribution in [0.2, 0.25) is 0 Å². The van der Waals surface area contributed by atoms with Crippen molar-refractivity contribution in [1.82, 2.24) is 15.1 Å². The van der Waals surface area contributed by atoms with Gasteiger partial charge in [0, 0.05) is 35.7 Å². The van der Waals surface area contributed by atoms with Gasteiger partial charge in [0.2, 0.25) is 5.91 Å². The first kappa shape index (κ1) is 25.5. The van der Waals surface area contributed by atoms with Gasteiger partial charge in [-0.15, -0.1) is 0 Å². The Morgan fingerprint density at radius 2 is 1.81 bits per heavy atom. The van der Waals surface area contributed by atoms with Crippen molar-refractivity contribution in [3.63, 3.8) is 0 Å². The standard InChI is InChI=1S/C29H37N5O2/c1-4-5-14-27(29(36)30-25-12-9-13-26(19-25)33-15-6-7-16-33)31-28(35)24-11-8-10-23(18-24)20-34-22(3)17-21(2)32-34/h8-13,17-19,27H,4-7,14-16,20H2,1-3H3,(H,30,36)(H,31,35). The number of hydrogen-bond acceptors (Lipinski definition) is 4. The van der Waals surface area contributed by atoms with Gasteiger partial charge < -0.3 is 15.5 Å². The minimum atomic E-state index is -0.604. The Hall–Kier alpha value is -3.61. The van der Waals surface area contributed by atoms with Gasteiger partial charge >= 0.3 is 0 Å². The van der Waals surface area contributed by atoms with Crippen molar-refractivity contribution in [2.45, 2.75) is 65.5 Å². The third-order valence-corrected chi connectivity index (χ3v) is 6.68. The van der Waals surface area contributed by atoms with Crippen molar-refractivity contribution in [3.8, 4) is 0 Å². The van der Waals surface area contributed by atoms with Crippen LogP contribution in [-0.2, 0) is 11.3 Å². The normalized spacial score (nSPS) is 14.0. The Morgan fingerprint density at radius 1 is 1.03 bits per heavy atom. The van der Waals surface area contributed by atoms with E-state index in [0.717, 1.165) is 54.3 Å². The van der Waals surface area contributed by atoms with E-state index < -0.39 is 6.04 Å². The number of anilines is 2. The van der Waals surface area contributed by atoms with Crippen molar-refractivity contribution in [2.75, 3.05) is 23.3 Å². The molecule has 1 fully saturated rings. The van der Waals surface area contributed by atoms with Gasteiger partial charge in [-0.1, -0.05) is 38.0 Å². The molecule has 2 amide bonds. The Balaban J connectivity index is 1.43. The second-order valence-corrected chi connectivity index (χ2v) is 9.69. The highest BCUT2D eigenvalue weighted by molar-refractivity contribution is 6.01. The molecule has 1 aromatic heterocycles. The van der Waals surface area contributed by atoms with Crippen molar-refractivity contribution in [3.05, 3.63) is 77.1 Å². The van der Waals surface area contributed by atoms with Gasteiger partial charge in [-0.3, -0.25) is 14.3 Å². The number of nitrogens with zero attached hydrogens (tertiary/aromatic N) is 3. The maximum atomic E-state index is 13.2. The number of nitrogens with one attached hydrogen (secondary N) is 2. The number of amides is 2. The van der Waals surface area contributed by atoms with E-state index in [1.54, 1.807) is 6.07 Å². The summed E-state index contributed by atoms with van der Waals surface area (Å²) in [6, 6.07) is 16.9. The molecule has 0 aliphatic carbocycles. The Labute approximate surface area is 213 Å². The largest absolute Gasteiger partial charge is 0.371 e. The Morgan fingerprint density at radius 3 is 2.53 bits per heavy atom. The topological polar surface area (TPSA) is 79.3 Å². The average molecular weight is 488 g/mol. The molecule has 1 atom stereocenters. The zero-order chi connectivity index (χ0) is 25.5. The molecule has 0 spiro atoms. The van der Waals surface area contributed by atoms with Crippen LogP contribution in [0, 0.1) is 13.8 Å². The quantitative estimate of drug-likeness (QED) is 0.418. The first-order chi connectivity index (χ1) is 17.4. The second kappa shape index (κ2) is 11.9. The monoisotopic (exact) mass is 487 g/mol. The molecule has 3 aromatic rings. The summed E-state index contributed by atoms with van der Waals surface area (Å²) in [7, 11) is 0. The van der Waals surface area contributed by atoms with E-state index in [1.807, 2.05) is 61.0 Å². The summed E-state index contributed by atoms with van der Waals surface area (Å²) >= 11 is 0. The smallest absolute Gasteiger partial charge is 0.251 e. The maximum absolute atomic E-state index is 13.2. The molecule has 1 saturated heterocycles. The molecule has 0 radical (unpaired) electrons. The molecule has 7 nitrogen and oxygen atoms in total. The number of carbonyl (C=O) groups excluding carboxylic acids is 2. The first-order valence-corrected chi connectivity index (χ1v) is 13.0. The minimum Gasteiger partial charge on any atom is -0.371 e. The highest BCUT2D eigenvalue weighted by Crippen LogP contribution is 2.23.